The number of aryl methyl sites for hydroxylation is 1. The van der Waals surface area contributed by atoms with E-state index >= 15 is 0 Å². The van der Waals surface area contributed by atoms with Crippen LogP contribution in [-0.2, 0) is 29.5 Å². The third-order valence-corrected chi connectivity index (χ3v) is 7.16. The Morgan fingerprint density at radius 3 is 2.64 bits per heavy atom. The highest BCUT2D eigenvalue weighted by molar-refractivity contribution is 7.90. The first-order valence-corrected chi connectivity index (χ1v) is 11.5. The number of fused-ring (bicyclic) bond motifs is 1. The lowest BCUT2D eigenvalue weighted by Gasteiger charge is -2.21. The fraction of sp³-hybridized carbons (Fsp3) is 0.684. The van der Waals surface area contributed by atoms with Gasteiger partial charge >= 0.3 is 0 Å². The molecular formula is C19H31N5O3S. The number of sulfonamides is 1. The SMILES string of the molecule is Cc1ccc(C(C)CCN2CCc3nnc(CNS(=O)(=O)C(C)C)n3CC2)o1. The molecule has 2 aromatic rings. The predicted octanol–water partition coefficient (Wildman–Crippen LogP) is 2.06. The summed E-state index contributed by atoms with van der Waals surface area (Å²) in [5.41, 5.74) is 0. The van der Waals surface area contributed by atoms with Crippen molar-refractivity contribution in [2.75, 3.05) is 19.6 Å². The molecule has 1 aliphatic rings. The second-order valence-electron chi connectivity index (χ2n) is 7.83. The van der Waals surface area contributed by atoms with Gasteiger partial charge in [-0.05, 0) is 45.9 Å². The van der Waals surface area contributed by atoms with E-state index in [9.17, 15) is 8.42 Å². The highest BCUT2D eigenvalue weighted by atomic mass is 32.2. The highest BCUT2D eigenvalue weighted by Crippen LogP contribution is 2.22. The molecule has 9 heteroatoms. The van der Waals surface area contributed by atoms with Crippen molar-refractivity contribution in [3.63, 3.8) is 0 Å². The molecule has 1 atom stereocenters. The van der Waals surface area contributed by atoms with Crippen LogP contribution in [0, 0.1) is 6.92 Å². The lowest BCUT2D eigenvalue weighted by atomic mass is 10.0. The van der Waals surface area contributed by atoms with Crippen LogP contribution in [0.2, 0.25) is 0 Å². The number of nitrogens with zero attached hydrogens (tertiary/aromatic N) is 4. The normalized spacial score (nSPS) is 16.9. The predicted molar refractivity (Wildman–Crippen MR) is 108 cm³/mol. The second-order valence-corrected chi connectivity index (χ2v) is 10.2. The summed E-state index contributed by atoms with van der Waals surface area (Å²) < 4.78 is 34.4. The minimum atomic E-state index is -3.31. The Morgan fingerprint density at radius 2 is 1.96 bits per heavy atom. The van der Waals surface area contributed by atoms with Gasteiger partial charge in [-0.2, -0.15) is 0 Å². The number of rotatable bonds is 8. The van der Waals surface area contributed by atoms with E-state index < -0.39 is 15.3 Å². The number of hydrogen-bond acceptors (Lipinski definition) is 6. The smallest absolute Gasteiger partial charge is 0.214 e. The van der Waals surface area contributed by atoms with E-state index in [-0.39, 0.29) is 6.54 Å². The van der Waals surface area contributed by atoms with Gasteiger partial charge < -0.3 is 13.9 Å². The zero-order valence-corrected chi connectivity index (χ0v) is 18.0. The van der Waals surface area contributed by atoms with Gasteiger partial charge in [-0.1, -0.05) is 6.92 Å². The molecule has 1 N–H and O–H groups in total. The van der Waals surface area contributed by atoms with Gasteiger partial charge in [-0.3, -0.25) is 0 Å². The quantitative estimate of drug-likeness (QED) is 0.717. The van der Waals surface area contributed by atoms with Crippen molar-refractivity contribution >= 4 is 10.0 Å². The Labute approximate surface area is 167 Å². The average Bonchev–Trinajstić information content (AvgIpc) is 3.19. The maximum atomic E-state index is 12.0. The summed E-state index contributed by atoms with van der Waals surface area (Å²) in [6.45, 7) is 11.3. The van der Waals surface area contributed by atoms with Gasteiger partial charge in [0.1, 0.15) is 23.2 Å². The van der Waals surface area contributed by atoms with E-state index in [0.717, 1.165) is 56.4 Å². The molecule has 0 radical (unpaired) electrons. The first-order valence-electron chi connectivity index (χ1n) is 9.94. The van der Waals surface area contributed by atoms with E-state index in [1.54, 1.807) is 13.8 Å². The molecule has 0 amide bonds. The summed E-state index contributed by atoms with van der Waals surface area (Å²) in [5, 5.41) is 8.01. The fourth-order valence-corrected chi connectivity index (χ4v) is 4.01. The number of aromatic nitrogens is 3. The van der Waals surface area contributed by atoms with Crippen molar-refractivity contribution < 1.29 is 12.8 Å². The Kier molecular flexibility index (Phi) is 6.57. The van der Waals surface area contributed by atoms with Gasteiger partial charge in [0.2, 0.25) is 10.0 Å². The monoisotopic (exact) mass is 409 g/mol. The fourth-order valence-electron chi connectivity index (χ4n) is 3.35. The van der Waals surface area contributed by atoms with Crippen LogP contribution in [0.3, 0.4) is 0 Å². The van der Waals surface area contributed by atoms with Crippen molar-refractivity contribution in [1.29, 1.82) is 0 Å². The summed E-state index contributed by atoms with van der Waals surface area (Å²) in [7, 11) is -3.31. The molecule has 1 aliphatic heterocycles. The Balaban J connectivity index is 1.54. The zero-order valence-electron chi connectivity index (χ0n) is 17.2. The van der Waals surface area contributed by atoms with Gasteiger partial charge in [-0.15, -0.1) is 10.2 Å². The molecule has 2 aromatic heterocycles. The first kappa shape index (κ1) is 21.0. The van der Waals surface area contributed by atoms with Crippen molar-refractivity contribution in [2.24, 2.45) is 0 Å². The molecule has 0 bridgehead atoms. The topological polar surface area (TPSA) is 93.3 Å². The third kappa shape index (κ3) is 5.01. The molecule has 0 aliphatic carbocycles. The van der Waals surface area contributed by atoms with Crippen molar-refractivity contribution in [1.82, 2.24) is 24.4 Å². The standard InChI is InChI=1S/C19H31N5O3S/c1-14(2)28(25,26)20-13-19-22-21-18-8-10-23(11-12-24(18)19)9-7-15(3)17-6-5-16(4)27-17/h5-6,14-15,20H,7-13H2,1-4H3. The number of nitrogens with one attached hydrogen (secondary N) is 1. The van der Waals surface area contributed by atoms with Crippen LogP contribution in [0.1, 0.15) is 56.3 Å². The van der Waals surface area contributed by atoms with Crippen LogP contribution in [0.4, 0.5) is 0 Å². The van der Waals surface area contributed by atoms with E-state index in [1.165, 1.54) is 0 Å². The van der Waals surface area contributed by atoms with Gasteiger partial charge in [0, 0.05) is 32.0 Å². The average molecular weight is 410 g/mol. The molecule has 0 saturated carbocycles. The molecule has 28 heavy (non-hydrogen) atoms. The van der Waals surface area contributed by atoms with Gasteiger partial charge in [0.25, 0.3) is 0 Å². The van der Waals surface area contributed by atoms with Crippen LogP contribution in [0.25, 0.3) is 0 Å². The first-order chi connectivity index (χ1) is 13.3. The van der Waals surface area contributed by atoms with Gasteiger partial charge in [-0.25, -0.2) is 13.1 Å². The van der Waals surface area contributed by atoms with Crippen LogP contribution < -0.4 is 4.72 Å². The number of hydrogen-bond donors (Lipinski definition) is 1. The van der Waals surface area contributed by atoms with E-state index in [0.29, 0.717) is 11.7 Å². The molecule has 0 saturated heterocycles. The summed E-state index contributed by atoms with van der Waals surface area (Å²) in [4.78, 5) is 2.43. The summed E-state index contributed by atoms with van der Waals surface area (Å²) in [6, 6.07) is 4.08. The van der Waals surface area contributed by atoms with Crippen LogP contribution in [-0.4, -0.2) is 53.0 Å². The summed E-state index contributed by atoms with van der Waals surface area (Å²) in [6.07, 6.45) is 1.85. The van der Waals surface area contributed by atoms with Crippen molar-refractivity contribution in [2.45, 2.75) is 64.8 Å². The Morgan fingerprint density at radius 1 is 1.18 bits per heavy atom. The molecule has 8 nitrogen and oxygen atoms in total. The minimum Gasteiger partial charge on any atom is -0.466 e. The van der Waals surface area contributed by atoms with Crippen LogP contribution in [0.15, 0.2) is 16.5 Å². The highest BCUT2D eigenvalue weighted by Gasteiger charge is 2.21. The minimum absolute atomic E-state index is 0.183. The molecule has 156 valence electrons. The molecule has 1 unspecified atom stereocenters. The Bertz CT molecular complexity index is 887. The van der Waals surface area contributed by atoms with Crippen LogP contribution in [0.5, 0.6) is 0 Å². The largest absolute Gasteiger partial charge is 0.466 e. The van der Waals surface area contributed by atoms with E-state index in [1.807, 2.05) is 13.0 Å². The Hall–Kier alpha value is -1.71. The molecule has 0 spiro atoms. The lowest BCUT2D eigenvalue weighted by molar-refractivity contribution is 0.264. The third-order valence-electron chi connectivity index (χ3n) is 5.37. The summed E-state index contributed by atoms with van der Waals surface area (Å²) >= 11 is 0. The zero-order chi connectivity index (χ0) is 20.3. The lowest BCUT2D eigenvalue weighted by Crippen LogP contribution is -2.32. The molecule has 3 heterocycles. The second kappa shape index (κ2) is 8.75. The molecule has 0 aromatic carbocycles. The maximum absolute atomic E-state index is 12.0. The van der Waals surface area contributed by atoms with Crippen molar-refractivity contribution in [3.05, 3.63) is 35.3 Å². The van der Waals surface area contributed by atoms with Crippen molar-refractivity contribution in [3.8, 4) is 0 Å². The van der Waals surface area contributed by atoms with E-state index in [2.05, 4.69) is 37.4 Å². The molecule has 3 rings (SSSR count). The van der Waals surface area contributed by atoms with E-state index in [4.69, 9.17) is 4.42 Å². The maximum Gasteiger partial charge on any atom is 0.214 e. The number of furan rings is 1. The van der Waals surface area contributed by atoms with Gasteiger partial charge in [0.15, 0.2) is 0 Å². The molecular weight excluding hydrogens is 378 g/mol. The van der Waals surface area contributed by atoms with Crippen LogP contribution >= 0.6 is 0 Å². The summed E-state index contributed by atoms with van der Waals surface area (Å²) in [5.74, 6) is 3.99. The van der Waals surface area contributed by atoms with Gasteiger partial charge in [0.05, 0.1) is 11.8 Å². The molecule has 0 fully saturated rings.